The smallest absolute Gasteiger partial charge is 0.255 e. The fourth-order valence-electron chi connectivity index (χ4n) is 2.63. The van der Waals surface area contributed by atoms with Crippen molar-refractivity contribution in [2.45, 2.75) is 26.2 Å². The zero-order valence-electron chi connectivity index (χ0n) is 12.7. The van der Waals surface area contributed by atoms with Gasteiger partial charge in [0.05, 0.1) is 5.56 Å². The highest BCUT2D eigenvalue weighted by Crippen LogP contribution is 2.21. The zero-order valence-corrected chi connectivity index (χ0v) is 14.3. The SMILES string of the molecule is CNCCC1CCN(C(=O)c2cnccc2C)CC1.Cl.Cl. The van der Waals surface area contributed by atoms with E-state index < -0.39 is 0 Å². The molecule has 1 N–H and O–H groups in total. The van der Waals surface area contributed by atoms with Crippen molar-refractivity contribution in [3.8, 4) is 0 Å². The van der Waals surface area contributed by atoms with Crippen molar-refractivity contribution < 1.29 is 4.79 Å². The molecule has 6 heteroatoms. The number of hydrogen-bond donors (Lipinski definition) is 1. The molecule has 0 saturated carbocycles. The fraction of sp³-hybridized carbons (Fsp3) is 0.600. The van der Waals surface area contributed by atoms with Gasteiger partial charge in [-0.1, -0.05) is 0 Å². The van der Waals surface area contributed by atoms with Crippen LogP contribution >= 0.6 is 24.8 Å². The van der Waals surface area contributed by atoms with E-state index >= 15 is 0 Å². The third-order valence-electron chi connectivity index (χ3n) is 3.97. The molecular weight excluding hydrogens is 309 g/mol. The first-order chi connectivity index (χ1) is 9.22. The molecule has 2 rings (SSSR count). The molecule has 1 amide bonds. The number of nitrogens with zero attached hydrogens (tertiary/aromatic N) is 2. The fourth-order valence-corrected chi connectivity index (χ4v) is 2.63. The number of nitrogens with one attached hydrogen (secondary N) is 1. The van der Waals surface area contributed by atoms with E-state index in [-0.39, 0.29) is 30.7 Å². The third kappa shape index (κ3) is 5.46. The molecule has 1 aromatic heterocycles. The monoisotopic (exact) mass is 333 g/mol. The Morgan fingerprint density at radius 3 is 2.62 bits per heavy atom. The summed E-state index contributed by atoms with van der Waals surface area (Å²) in [7, 11) is 1.99. The molecule has 1 aliphatic rings. The number of pyridine rings is 1. The number of aryl methyl sites for hydroxylation is 1. The number of amides is 1. The number of carbonyl (C=O) groups excluding carboxylic acids is 1. The number of aromatic nitrogens is 1. The van der Waals surface area contributed by atoms with Gasteiger partial charge < -0.3 is 10.2 Å². The highest BCUT2D eigenvalue weighted by atomic mass is 35.5. The van der Waals surface area contributed by atoms with E-state index in [1.54, 1.807) is 12.4 Å². The maximum absolute atomic E-state index is 12.4. The van der Waals surface area contributed by atoms with Gasteiger partial charge in [0.2, 0.25) is 0 Å². The Hall–Kier alpha value is -0.840. The zero-order chi connectivity index (χ0) is 13.7. The Bertz CT molecular complexity index is 435. The summed E-state index contributed by atoms with van der Waals surface area (Å²) in [5.41, 5.74) is 1.76. The van der Waals surface area contributed by atoms with Crippen LogP contribution in [0.4, 0.5) is 0 Å². The van der Waals surface area contributed by atoms with Crippen molar-refractivity contribution in [3.05, 3.63) is 29.6 Å². The van der Waals surface area contributed by atoms with Crippen LogP contribution in [0.1, 0.15) is 35.2 Å². The molecule has 0 atom stereocenters. The molecule has 2 heterocycles. The van der Waals surface area contributed by atoms with Gasteiger partial charge in [-0.05, 0) is 57.3 Å². The summed E-state index contributed by atoms with van der Waals surface area (Å²) in [5, 5.41) is 3.19. The van der Waals surface area contributed by atoms with Gasteiger partial charge in [-0.2, -0.15) is 0 Å². The molecule has 0 spiro atoms. The second-order valence-electron chi connectivity index (χ2n) is 5.32. The van der Waals surface area contributed by atoms with Gasteiger partial charge in [-0.3, -0.25) is 9.78 Å². The summed E-state index contributed by atoms with van der Waals surface area (Å²) in [6.07, 6.45) is 6.87. The Labute approximate surface area is 139 Å². The molecule has 1 aliphatic heterocycles. The second kappa shape index (κ2) is 9.98. The van der Waals surface area contributed by atoms with Crippen molar-refractivity contribution in [2.24, 2.45) is 5.92 Å². The van der Waals surface area contributed by atoms with E-state index in [0.29, 0.717) is 0 Å². The topological polar surface area (TPSA) is 45.2 Å². The van der Waals surface area contributed by atoms with Gasteiger partial charge in [0.1, 0.15) is 0 Å². The standard InChI is InChI=1S/C15H23N3O.2ClH/c1-12-3-8-17-11-14(12)15(19)18-9-5-13(6-10-18)4-7-16-2;;/h3,8,11,13,16H,4-7,9-10H2,1-2H3;2*1H. The third-order valence-corrected chi connectivity index (χ3v) is 3.97. The Morgan fingerprint density at radius 1 is 1.38 bits per heavy atom. The number of halogens is 2. The minimum atomic E-state index is 0. The van der Waals surface area contributed by atoms with E-state index in [4.69, 9.17) is 0 Å². The highest BCUT2D eigenvalue weighted by molar-refractivity contribution is 5.95. The predicted molar refractivity (Wildman–Crippen MR) is 90.6 cm³/mol. The molecule has 1 fully saturated rings. The number of likely N-dealkylation sites (tertiary alicyclic amines) is 1. The molecule has 0 radical (unpaired) electrons. The molecule has 1 aromatic rings. The van der Waals surface area contributed by atoms with E-state index in [1.165, 1.54) is 6.42 Å². The first-order valence-electron chi connectivity index (χ1n) is 7.07. The lowest BCUT2D eigenvalue weighted by Crippen LogP contribution is -2.39. The van der Waals surface area contributed by atoms with E-state index in [2.05, 4.69) is 10.3 Å². The average molecular weight is 334 g/mol. The molecule has 120 valence electrons. The second-order valence-corrected chi connectivity index (χ2v) is 5.32. The summed E-state index contributed by atoms with van der Waals surface area (Å²) < 4.78 is 0. The summed E-state index contributed by atoms with van der Waals surface area (Å²) in [6, 6.07) is 1.90. The first kappa shape index (κ1) is 20.2. The van der Waals surface area contributed by atoms with Crippen molar-refractivity contribution in [1.82, 2.24) is 15.2 Å². The Balaban J connectivity index is 0.00000200. The molecule has 0 aromatic carbocycles. The molecule has 0 aliphatic carbocycles. The van der Waals surface area contributed by atoms with Gasteiger partial charge in [-0.15, -0.1) is 24.8 Å². The van der Waals surface area contributed by atoms with Crippen LogP contribution in [0.5, 0.6) is 0 Å². The number of rotatable bonds is 4. The maximum Gasteiger partial charge on any atom is 0.255 e. The van der Waals surface area contributed by atoms with Gasteiger partial charge >= 0.3 is 0 Å². The molecule has 0 bridgehead atoms. The summed E-state index contributed by atoms with van der Waals surface area (Å²) >= 11 is 0. The lowest BCUT2D eigenvalue weighted by atomic mass is 9.93. The molecule has 0 unspecified atom stereocenters. The lowest BCUT2D eigenvalue weighted by Gasteiger charge is -2.32. The molecular formula is C15H25Cl2N3O. The van der Waals surface area contributed by atoms with E-state index in [9.17, 15) is 4.79 Å². The van der Waals surface area contributed by atoms with E-state index in [1.807, 2.05) is 24.9 Å². The quantitative estimate of drug-likeness (QED) is 0.921. The van der Waals surface area contributed by atoms with Gasteiger partial charge in [0.15, 0.2) is 0 Å². The lowest BCUT2D eigenvalue weighted by molar-refractivity contribution is 0.0686. The Kier molecular flexibility index (Phi) is 9.58. The Morgan fingerprint density at radius 2 is 2.05 bits per heavy atom. The summed E-state index contributed by atoms with van der Waals surface area (Å²) in [5.74, 6) is 0.893. The highest BCUT2D eigenvalue weighted by Gasteiger charge is 2.24. The van der Waals surface area contributed by atoms with Gasteiger partial charge in [0.25, 0.3) is 5.91 Å². The van der Waals surface area contributed by atoms with Crippen molar-refractivity contribution in [1.29, 1.82) is 0 Å². The number of hydrogen-bond acceptors (Lipinski definition) is 3. The minimum Gasteiger partial charge on any atom is -0.339 e. The van der Waals surface area contributed by atoms with Crippen molar-refractivity contribution >= 4 is 30.7 Å². The normalized spacial score (nSPS) is 15.0. The number of piperidine rings is 1. The van der Waals surface area contributed by atoms with Crippen LogP contribution in [0, 0.1) is 12.8 Å². The molecule has 1 saturated heterocycles. The van der Waals surface area contributed by atoms with Gasteiger partial charge in [0, 0.05) is 25.5 Å². The van der Waals surface area contributed by atoms with Crippen LogP contribution in [0.3, 0.4) is 0 Å². The number of carbonyl (C=O) groups is 1. The molecule has 4 nitrogen and oxygen atoms in total. The largest absolute Gasteiger partial charge is 0.339 e. The average Bonchev–Trinajstić information content (AvgIpc) is 2.45. The van der Waals surface area contributed by atoms with Crippen LogP contribution < -0.4 is 5.32 Å². The van der Waals surface area contributed by atoms with Crippen LogP contribution in [0.2, 0.25) is 0 Å². The van der Waals surface area contributed by atoms with Crippen LogP contribution in [-0.2, 0) is 0 Å². The van der Waals surface area contributed by atoms with E-state index in [0.717, 1.165) is 49.5 Å². The first-order valence-corrected chi connectivity index (χ1v) is 7.07. The van der Waals surface area contributed by atoms with Crippen LogP contribution in [0.15, 0.2) is 18.5 Å². The van der Waals surface area contributed by atoms with Crippen molar-refractivity contribution in [2.75, 3.05) is 26.7 Å². The van der Waals surface area contributed by atoms with Crippen LogP contribution in [0.25, 0.3) is 0 Å². The summed E-state index contributed by atoms with van der Waals surface area (Å²) in [6.45, 7) is 4.79. The maximum atomic E-state index is 12.4. The minimum absolute atomic E-state index is 0. The van der Waals surface area contributed by atoms with Crippen LogP contribution in [-0.4, -0.2) is 42.5 Å². The molecule has 21 heavy (non-hydrogen) atoms. The predicted octanol–water partition coefficient (Wildman–Crippen LogP) is 2.70. The van der Waals surface area contributed by atoms with Gasteiger partial charge in [-0.25, -0.2) is 0 Å². The summed E-state index contributed by atoms with van der Waals surface area (Å²) in [4.78, 5) is 18.4. The van der Waals surface area contributed by atoms with Crippen molar-refractivity contribution in [3.63, 3.8) is 0 Å².